The van der Waals surface area contributed by atoms with Gasteiger partial charge >= 0.3 is 6.18 Å². The minimum absolute atomic E-state index is 0.264. The van der Waals surface area contributed by atoms with Gasteiger partial charge in [0.25, 0.3) is 0 Å². The van der Waals surface area contributed by atoms with E-state index in [0.717, 1.165) is 5.56 Å². The number of para-hydroxylation sites is 1. The number of nitrogens with one attached hydrogen (secondary N) is 1. The van der Waals surface area contributed by atoms with Gasteiger partial charge in [0, 0.05) is 18.7 Å². The van der Waals surface area contributed by atoms with Crippen LogP contribution >= 0.6 is 0 Å². The summed E-state index contributed by atoms with van der Waals surface area (Å²) in [5.74, 6) is -0.692. The predicted octanol–water partition coefficient (Wildman–Crippen LogP) is 1.85. The zero-order valence-electron chi connectivity index (χ0n) is 10.4. The Morgan fingerprint density at radius 1 is 1.35 bits per heavy atom. The van der Waals surface area contributed by atoms with Gasteiger partial charge in [-0.25, -0.2) is 0 Å². The fraction of sp³-hybridized carbons (Fsp3) is 0.462. The van der Waals surface area contributed by atoms with Crippen LogP contribution in [-0.2, 0) is 11.3 Å². The number of alkyl halides is 3. The van der Waals surface area contributed by atoms with Crippen LogP contribution in [0.2, 0.25) is 0 Å². The van der Waals surface area contributed by atoms with E-state index in [1.54, 1.807) is 18.2 Å². The van der Waals surface area contributed by atoms with Crippen molar-refractivity contribution in [3.63, 3.8) is 0 Å². The van der Waals surface area contributed by atoms with Gasteiger partial charge < -0.3 is 15.3 Å². The molecule has 2 heterocycles. The lowest BCUT2D eigenvalue weighted by Gasteiger charge is -2.47. The molecule has 2 atom stereocenters. The van der Waals surface area contributed by atoms with E-state index in [4.69, 9.17) is 0 Å². The normalized spacial score (nSPS) is 29.5. The van der Waals surface area contributed by atoms with Crippen LogP contribution in [0.5, 0.6) is 0 Å². The number of nitrogens with zero attached hydrogens (tertiary/aromatic N) is 1. The van der Waals surface area contributed by atoms with Gasteiger partial charge in [-0.1, -0.05) is 18.2 Å². The quantitative estimate of drug-likeness (QED) is 0.765. The molecular formula is C13H13F3N2O2. The third-order valence-corrected chi connectivity index (χ3v) is 3.88. The molecule has 0 radical (unpaired) electrons. The van der Waals surface area contributed by atoms with Gasteiger partial charge in [-0.15, -0.1) is 0 Å². The number of hydrogen-bond acceptors (Lipinski definition) is 3. The Hall–Kier alpha value is -1.76. The van der Waals surface area contributed by atoms with E-state index in [1.165, 1.54) is 4.90 Å². The maximum atomic E-state index is 12.9. The number of hydrogen-bond donors (Lipinski definition) is 2. The summed E-state index contributed by atoms with van der Waals surface area (Å²) >= 11 is 0. The van der Waals surface area contributed by atoms with Crippen molar-refractivity contribution in [2.24, 2.45) is 0 Å². The SMILES string of the molecule is O=C1CC(O)(C(F)(F)F)CC2Nc3ccccc3CN12. The predicted molar refractivity (Wildman–Crippen MR) is 64.6 cm³/mol. The summed E-state index contributed by atoms with van der Waals surface area (Å²) < 4.78 is 38.7. The van der Waals surface area contributed by atoms with Gasteiger partial charge in [0.2, 0.25) is 5.91 Å². The van der Waals surface area contributed by atoms with Crippen molar-refractivity contribution in [3.05, 3.63) is 29.8 Å². The molecule has 2 aliphatic heterocycles. The van der Waals surface area contributed by atoms with Crippen LogP contribution in [0.3, 0.4) is 0 Å². The summed E-state index contributed by atoms with van der Waals surface area (Å²) in [5, 5.41) is 12.7. The van der Waals surface area contributed by atoms with Gasteiger partial charge in [-0.3, -0.25) is 4.79 Å². The fourth-order valence-corrected chi connectivity index (χ4v) is 2.73. The first-order valence-electron chi connectivity index (χ1n) is 6.23. The summed E-state index contributed by atoms with van der Waals surface area (Å²) in [7, 11) is 0. The number of amides is 1. The van der Waals surface area contributed by atoms with Crippen LogP contribution in [0.15, 0.2) is 24.3 Å². The molecule has 1 amide bonds. The summed E-state index contributed by atoms with van der Waals surface area (Å²) in [5.41, 5.74) is -1.40. The molecule has 108 valence electrons. The number of aliphatic hydroxyl groups is 1. The van der Waals surface area contributed by atoms with Crippen LogP contribution in [0.25, 0.3) is 0 Å². The van der Waals surface area contributed by atoms with E-state index in [9.17, 15) is 23.1 Å². The largest absolute Gasteiger partial charge is 0.417 e. The molecule has 2 aliphatic rings. The molecule has 1 aromatic rings. The summed E-state index contributed by atoms with van der Waals surface area (Å²) in [4.78, 5) is 13.3. The second-order valence-electron chi connectivity index (χ2n) is 5.25. The molecule has 0 aromatic heterocycles. The van der Waals surface area contributed by atoms with Crippen LogP contribution in [0.4, 0.5) is 18.9 Å². The van der Waals surface area contributed by atoms with Crippen LogP contribution in [0, 0.1) is 0 Å². The first-order valence-corrected chi connectivity index (χ1v) is 6.23. The number of benzene rings is 1. The summed E-state index contributed by atoms with van der Waals surface area (Å²) in [6.45, 7) is 0.264. The number of carbonyl (C=O) groups is 1. The molecule has 2 N–H and O–H groups in total. The highest BCUT2D eigenvalue weighted by molar-refractivity contribution is 5.80. The molecular weight excluding hydrogens is 273 g/mol. The molecule has 3 rings (SSSR count). The highest BCUT2D eigenvalue weighted by Crippen LogP contribution is 2.43. The highest BCUT2D eigenvalue weighted by atomic mass is 19.4. The lowest BCUT2D eigenvalue weighted by atomic mass is 9.86. The molecule has 0 bridgehead atoms. The molecule has 1 fully saturated rings. The molecule has 0 aliphatic carbocycles. The first kappa shape index (κ1) is 13.2. The van der Waals surface area contributed by atoms with Crippen molar-refractivity contribution in [2.45, 2.75) is 37.3 Å². The third kappa shape index (κ3) is 1.93. The average molecular weight is 286 g/mol. The summed E-state index contributed by atoms with van der Waals surface area (Å²) in [6.07, 6.45) is -7.13. The summed E-state index contributed by atoms with van der Waals surface area (Å²) in [6, 6.07) is 7.14. The van der Waals surface area contributed by atoms with Gasteiger partial charge in [0.1, 0.15) is 6.17 Å². The topological polar surface area (TPSA) is 52.6 Å². The first-order chi connectivity index (χ1) is 9.30. The van der Waals surface area contributed by atoms with E-state index in [1.807, 2.05) is 6.07 Å². The van der Waals surface area contributed by atoms with Crippen molar-refractivity contribution in [1.29, 1.82) is 0 Å². The Morgan fingerprint density at radius 3 is 2.75 bits per heavy atom. The molecule has 20 heavy (non-hydrogen) atoms. The molecule has 4 nitrogen and oxygen atoms in total. The van der Waals surface area contributed by atoms with Gasteiger partial charge in [0.05, 0.1) is 6.42 Å². The van der Waals surface area contributed by atoms with Crippen LogP contribution in [0.1, 0.15) is 18.4 Å². The van der Waals surface area contributed by atoms with Crippen LogP contribution < -0.4 is 5.32 Å². The van der Waals surface area contributed by atoms with Crippen molar-refractivity contribution in [2.75, 3.05) is 5.32 Å². The molecule has 1 saturated heterocycles. The van der Waals surface area contributed by atoms with Gasteiger partial charge in [-0.2, -0.15) is 13.2 Å². The van der Waals surface area contributed by atoms with Crippen molar-refractivity contribution in [1.82, 2.24) is 4.90 Å². The monoisotopic (exact) mass is 286 g/mol. The Labute approximate surface area is 113 Å². The number of carbonyl (C=O) groups excluding carboxylic acids is 1. The van der Waals surface area contributed by atoms with Crippen molar-refractivity contribution in [3.8, 4) is 0 Å². The smallest absolute Gasteiger partial charge is 0.380 e. The lowest BCUT2D eigenvalue weighted by molar-refractivity contribution is -0.273. The molecule has 7 heteroatoms. The number of fused-ring (bicyclic) bond motifs is 2. The maximum absolute atomic E-state index is 12.9. The fourth-order valence-electron chi connectivity index (χ4n) is 2.73. The average Bonchev–Trinajstić information content (AvgIpc) is 2.35. The lowest BCUT2D eigenvalue weighted by Crippen LogP contribution is -2.62. The van der Waals surface area contributed by atoms with Gasteiger partial charge in [-0.05, 0) is 11.6 Å². The second-order valence-corrected chi connectivity index (χ2v) is 5.25. The molecule has 0 saturated carbocycles. The number of halogens is 3. The number of rotatable bonds is 0. The molecule has 0 spiro atoms. The molecule has 1 aromatic carbocycles. The number of anilines is 1. The standard InChI is InChI=1S/C13H13F3N2O2/c14-13(15,16)12(20)5-10-17-9-4-2-1-3-8(9)7-18(10)11(19)6-12/h1-4,10,17,20H,5-7H2. The van der Waals surface area contributed by atoms with Crippen LogP contribution in [-0.4, -0.2) is 33.9 Å². The van der Waals surface area contributed by atoms with E-state index >= 15 is 0 Å². The Kier molecular flexibility index (Phi) is 2.72. The maximum Gasteiger partial charge on any atom is 0.417 e. The number of piperidine rings is 1. The zero-order chi connectivity index (χ0) is 14.5. The Bertz CT molecular complexity index is 561. The van der Waals surface area contributed by atoms with E-state index < -0.39 is 36.7 Å². The van der Waals surface area contributed by atoms with E-state index in [2.05, 4.69) is 5.32 Å². The minimum Gasteiger partial charge on any atom is -0.380 e. The zero-order valence-corrected chi connectivity index (χ0v) is 10.4. The Morgan fingerprint density at radius 2 is 2.05 bits per heavy atom. The van der Waals surface area contributed by atoms with Crippen molar-refractivity contribution < 1.29 is 23.1 Å². The van der Waals surface area contributed by atoms with E-state index in [0.29, 0.717) is 5.69 Å². The second kappa shape index (κ2) is 4.12. The minimum atomic E-state index is -4.81. The van der Waals surface area contributed by atoms with Crippen molar-refractivity contribution >= 4 is 11.6 Å². The Balaban J connectivity index is 1.92. The highest BCUT2D eigenvalue weighted by Gasteiger charge is 2.59. The molecule has 2 unspecified atom stereocenters. The van der Waals surface area contributed by atoms with Gasteiger partial charge in [0.15, 0.2) is 5.60 Å². The third-order valence-electron chi connectivity index (χ3n) is 3.88. The van der Waals surface area contributed by atoms with E-state index in [-0.39, 0.29) is 6.54 Å².